The van der Waals surface area contributed by atoms with Gasteiger partial charge in [-0.25, -0.2) is 4.98 Å². The lowest BCUT2D eigenvalue weighted by molar-refractivity contribution is 0.452. The molecule has 19 heavy (non-hydrogen) atoms. The normalized spacial score (nSPS) is 12.5. The van der Waals surface area contributed by atoms with E-state index in [2.05, 4.69) is 31.0 Å². The molecule has 0 saturated carbocycles. The highest BCUT2D eigenvalue weighted by Gasteiger charge is 2.09. The minimum Gasteiger partial charge on any atom is -0.439 e. The van der Waals surface area contributed by atoms with Crippen LogP contribution in [0.15, 0.2) is 42.6 Å². The predicted octanol–water partition coefficient (Wildman–Crippen LogP) is 4.02. The van der Waals surface area contributed by atoms with Crippen LogP contribution in [0.2, 0.25) is 0 Å². The Bertz CT molecular complexity index is 533. The molecule has 0 saturated heterocycles. The van der Waals surface area contributed by atoms with Crippen molar-refractivity contribution in [3.05, 3.63) is 53.7 Å². The highest BCUT2D eigenvalue weighted by atomic mass is 16.5. The Kier molecular flexibility index (Phi) is 4.17. The van der Waals surface area contributed by atoms with Crippen molar-refractivity contribution >= 4 is 0 Å². The van der Waals surface area contributed by atoms with Gasteiger partial charge in [-0.2, -0.15) is 0 Å². The van der Waals surface area contributed by atoms with Gasteiger partial charge >= 0.3 is 0 Å². The Balaban J connectivity index is 2.21. The number of rotatable bonds is 4. The quantitative estimate of drug-likeness (QED) is 0.898. The van der Waals surface area contributed by atoms with Gasteiger partial charge in [0.2, 0.25) is 5.88 Å². The summed E-state index contributed by atoms with van der Waals surface area (Å²) in [4.78, 5) is 4.25. The van der Waals surface area contributed by atoms with Crippen molar-refractivity contribution in [1.29, 1.82) is 0 Å². The van der Waals surface area contributed by atoms with Crippen LogP contribution >= 0.6 is 0 Å². The van der Waals surface area contributed by atoms with E-state index in [4.69, 9.17) is 10.5 Å². The zero-order valence-electron chi connectivity index (χ0n) is 11.6. The summed E-state index contributed by atoms with van der Waals surface area (Å²) in [6.45, 7) is 6.26. The summed E-state index contributed by atoms with van der Waals surface area (Å²) in [6.07, 6.45) is 1.71. The van der Waals surface area contributed by atoms with Gasteiger partial charge in [-0.05, 0) is 36.6 Å². The number of nitrogens with two attached hydrogens (primary N) is 1. The minimum atomic E-state index is -0.0985. The second-order valence-corrected chi connectivity index (χ2v) is 5.01. The van der Waals surface area contributed by atoms with Crippen LogP contribution < -0.4 is 10.5 Å². The first-order valence-electron chi connectivity index (χ1n) is 6.56. The summed E-state index contributed by atoms with van der Waals surface area (Å²) >= 11 is 0. The van der Waals surface area contributed by atoms with E-state index in [9.17, 15) is 0 Å². The van der Waals surface area contributed by atoms with Gasteiger partial charge in [-0.1, -0.05) is 32.0 Å². The number of ether oxygens (including phenoxy) is 1. The Morgan fingerprint density at radius 1 is 1.05 bits per heavy atom. The molecular formula is C16H20N2O. The van der Waals surface area contributed by atoms with Gasteiger partial charge in [0.05, 0.1) is 0 Å². The number of nitrogens with zero attached hydrogens (tertiary/aromatic N) is 1. The van der Waals surface area contributed by atoms with Gasteiger partial charge in [0.1, 0.15) is 5.75 Å². The third-order valence-corrected chi connectivity index (χ3v) is 3.05. The molecule has 2 rings (SSSR count). The third kappa shape index (κ3) is 3.32. The van der Waals surface area contributed by atoms with Crippen LogP contribution in [-0.4, -0.2) is 4.98 Å². The summed E-state index contributed by atoms with van der Waals surface area (Å²) in [5.74, 6) is 1.88. The van der Waals surface area contributed by atoms with E-state index in [0.717, 1.165) is 11.3 Å². The molecule has 1 aromatic carbocycles. The summed E-state index contributed by atoms with van der Waals surface area (Å²) in [5, 5.41) is 0. The van der Waals surface area contributed by atoms with E-state index in [1.54, 1.807) is 6.20 Å². The molecule has 0 aliphatic heterocycles. The molecule has 0 aliphatic carbocycles. The molecule has 2 aromatic rings. The van der Waals surface area contributed by atoms with E-state index in [1.165, 1.54) is 5.56 Å². The van der Waals surface area contributed by atoms with Crippen molar-refractivity contribution in [3.8, 4) is 11.6 Å². The van der Waals surface area contributed by atoms with Crippen molar-refractivity contribution in [1.82, 2.24) is 4.98 Å². The average Bonchev–Trinajstić information content (AvgIpc) is 2.39. The summed E-state index contributed by atoms with van der Waals surface area (Å²) in [6, 6.07) is 11.8. The van der Waals surface area contributed by atoms with Crippen LogP contribution in [-0.2, 0) is 0 Å². The zero-order valence-corrected chi connectivity index (χ0v) is 11.6. The summed E-state index contributed by atoms with van der Waals surface area (Å²) in [5.41, 5.74) is 8.12. The molecule has 1 aromatic heterocycles. The first-order chi connectivity index (χ1) is 9.08. The molecule has 1 atom stereocenters. The first-order valence-corrected chi connectivity index (χ1v) is 6.56. The molecular weight excluding hydrogens is 236 g/mol. The smallest absolute Gasteiger partial charge is 0.223 e. The minimum absolute atomic E-state index is 0.0985. The Morgan fingerprint density at radius 3 is 2.32 bits per heavy atom. The van der Waals surface area contributed by atoms with Gasteiger partial charge < -0.3 is 10.5 Å². The van der Waals surface area contributed by atoms with E-state index < -0.39 is 0 Å². The first kappa shape index (κ1) is 13.6. The largest absolute Gasteiger partial charge is 0.439 e. The molecule has 2 N–H and O–H groups in total. The fourth-order valence-corrected chi connectivity index (χ4v) is 1.87. The fraction of sp³-hybridized carbons (Fsp3) is 0.312. The van der Waals surface area contributed by atoms with Crippen molar-refractivity contribution in [2.75, 3.05) is 0 Å². The predicted molar refractivity (Wildman–Crippen MR) is 77.4 cm³/mol. The monoisotopic (exact) mass is 256 g/mol. The van der Waals surface area contributed by atoms with Crippen molar-refractivity contribution in [2.24, 2.45) is 5.73 Å². The van der Waals surface area contributed by atoms with E-state index in [-0.39, 0.29) is 6.04 Å². The number of hydrogen-bond acceptors (Lipinski definition) is 3. The molecule has 0 spiro atoms. The SMILES string of the molecule is CC(C)c1ccc(Oc2ncccc2[C@H](C)N)cc1. The van der Waals surface area contributed by atoms with E-state index in [1.807, 2.05) is 31.2 Å². The lowest BCUT2D eigenvalue weighted by atomic mass is 10.0. The lowest BCUT2D eigenvalue weighted by Gasteiger charge is -2.13. The maximum absolute atomic E-state index is 5.91. The van der Waals surface area contributed by atoms with Gasteiger partial charge in [-0.3, -0.25) is 0 Å². The van der Waals surface area contributed by atoms with Gasteiger partial charge in [0.15, 0.2) is 0 Å². The summed E-state index contributed by atoms with van der Waals surface area (Å²) in [7, 11) is 0. The standard InChI is InChI=1S/C16H20N2O/c1-11(2)13-6-8-14(9-7-13)19-16-15(12(3)17)5-4-10-18-16/h4-12H,17H2,1-3H3/t12-/m0/s1. The maximum Gasteiger partial charge on any atom is 0.223 e. The number of pyridine rings is 1. The van der Waals surface area contributed by atoms with Crippen LogP contribution in [0.5, 0.6) is 11.6 Å². The molecule has 100 valence electrons. The number of benzene rings is 1. The Morgan fingerprint density at radius 2 is 1.74 bits per heavy atom. The number of hydrogen-bond donors (Lipinski definition) is 1. The fourth-order valence-electron chi connectivity index (χ4n) is 1.87. The molecule has 0 aliphatic rings. The molecule has 0 amide bonds. The second-order valence-electron chi connectivity index (χ2n) is 5.01. The van der Waals surface area contributed by atoms with Crippen LogP contribution in [0, 0.1) is 0 Å². The molecule has 0 unspecified atom stereocenters. The van der Waals surface area contributed by atoms with Crippen molar-refractivity contribution < 1.29 is 4.74 Å². The van der Waals surface area contributed by atoms with Crippen LogP contribution in [0.3, 0.4) is 0 Å². The average molecular weight is 256 g/mol. The topological polar surface area (TPSA) is 48.1 Å². The molecule has 0 fully saturated rings. The van der Waals surface area contributed by atoms with E-state index in [0.29, 0.717) is 11.8 Å². The molecule has 1 heterocycles. The molecule has 3 nitrogen and oxygen atoms in total. The number of aromatic nitrogens is 1. The molecule has 0 radical (unpaired) electrons. The Hall–Kier alpha value is -1.87. The lowest BCUT2D eigenvalue weighted by Crippen LogP contribution is -2.07. The van der Waals surface area contributed by atoms with Crippen LogP contribution in [0.4, 0.5) is 0 Å². The van der Waals surface area contributed by atoms with Crippen molar-refractivity contribution in [3.63, 3.8) is 0 Å². The van der Waals surface area contributed by atoms with Crippen LogP contribution in [0.1, 0.15) is 43.9 Å². The van der Waals surface area contributed by atoms with Gasteiger partial charge in [0, 0.05) is 17.8 Å². The van der Waals surface area contributed by atoms with Crippen molar-refractivity contribution in [2.45, 2.75) is 32.7 Å². The maximum atomic E-state index is 5.91. The third-order valence-electron chi connectivity index (χ3n) is 3.05. The summed E-state index contributed by atoms with van der Waals surface area (Å²) < 4.78 is 5.81. The Labute approximate surface area is 114 Å². The highest BCUT2D eigenvalue weighted by molar-refractivity contribution is 5.35. The van der Waals surface area contributed by atoms with Gasteiger partial charge in [-0.15, -0.1) is 0 Å². The van der Waals surface area contributed by atoms with Gasteiger partial charge in [0.25, 0.3) is 0 Å². The van der Waals surface area contributed by atoms with E-state index >= 15 is 0 Å². The van der Waals surface area contributed by atoms with Crippen LogP contribution in [0.25, 0.3) is 0 Å². The molecule has 0 bridgehead atoms. The highest BCUT2D eigenvalue weighted by Crippen LogP contribution is 2.27. The second kappa shape index (κ2) is 5.85. The molecule has 3 heteroatoms. The zero-order chi connectivity index (χ0) is 13.8.